The highest BCUT2D eigenvalue weighted by molar-refractivity contribution is 6.51. The summed E-state index contributed by atoms with van der Waals surface area (Å²) in [5.41, 5.74) is 3.52. The van der Waals surface area contributed by atoms with Gasteiger partial charge in [0.05, 0.1) is 11.1 Å². The fraction of sp³-hybridized carbons (Fsp3) is 0.625. The zero-order valence-electron chi connectivity index (χ0n) is 7.36. The smallest absolute Gasteiger partial charge is 0.132 e. The molecule has 0 saturated heterocycles. The van der Waals surface area contributed by atoms with Gasteiger partial charge in [0.1, 0.15) is 9.52 Å². The van der Waals surface area contributed by atoms with Crippen molar-refractivity contribution in [3.63, 3.8) is 0 Å². The number of aromatic amines is 1. The Hall–Kier alpha value is -0.573. The fourth-order valence-corrected chi connectivity index (χ4v) is 1.88. The molecule has 1 aromatic rings. The molecule has 0 amide bonds. The molecule has 1 rings (SSSR count). The monoisotopic (exact) mass is 166 g/mol. The van der Waals surface area contributed by atoms with E-state index in [2.05, 4.69) is 23.8 Å². The van der Waals surface area contributed by atoms with Crippen molar-refractivity contribution in [3.8, 4) is 0 Å². The Morgan fingerprint density at radius 2 is 2.18 bits per heavy atom. The van der Waals surface area contributed by atoms with Gasteiger partial charge in [-0.2, -0.15) is 0 Å². The van der Waals surface area contributed by atoms with Crippen LogP contribution in [0.4, 0.5) is 0 Å². The van der Waals surface area contributed by atoms with E-state index in [1.165, 1.54) is 23.6 Å². The number of imidazole rings is 1. The number of hydrogen-bond acceptors (Lipinski definition) is 1. The van der Waals surface area contributed by atoms with E-state index in [0.717, 1.165) is 15.2 Å². The average Bonchev–Trinajstić information content (AvgIpc) is 2.28. The van der Waals surface area contributed by atoms with E-state index in [1.807, 2.05) is 6.92 Å². The van der Waals surface area contributed by atoms with E-state index in [9.17, 15) is 0 Å². The predicted octanol–water partition coefficient (Wildman–Crippen LogP) is 1.18. The van der Waals surface area contributed by atoms with Gasteiger partial charge in [-0.05, 0) is 13.8 Å². The molecule has 1 N–H and O–H groups in total. The standard InChI is InChI=1S/C8H14N2Si/c1-4-5-11-8-9-6(2)7(3)10-8/h4-5H2,1-3H3,(H,9,10). The van der Waals surface area contributed by atoms with Crippen LogP contribution in [-0.2, 0) is 0 Å². The predicted molar refractivity (Wildman–Crippen MR) is 48.5 cm³/mol. The second kappa shape index (κ2) is 3.71. The molecular weight excluding hydrogens is 152 g/mol. The van der Waals surface area contributed by atoms with Crippen LogP contribution in [0, 0.1) is 13.8 Å². The van der Waals surface area contributed by atoms with Crippen LogP contribution in [0.25, 0.3) is 0 Å². The van der Waals surface area contributed by atoms with Gasteiger partial charge in [-0.1, -0.05) is 19.4 Å². The Morgan fingerprint density at radius 1 is 1.45 bits per heavy atom. The number of rotatable bonds is 3. The number of aryl methyl sites for hydroxylation is 2. The van der Waals surface area contributed by atoms with Crippen molar-refractivity contribution in [2.24, 2.45) is 0 Å². The summed E-state index contributed by atoms with van der Waals surface area (Å²) in [6.45, 7) is 6.32. The van der Waals surface area contributed by atoms with Crippen molar-refractivity contribution in [1.82, 2.24) is 9.97 Å². The topological polar surface area (TPSA) is 28.7 Å². The van der Waals surface area contributed by atoms with Gasteiger partial charge in [0, 0.05) is 5.69 Å². The third-order valence-corrected chi connectivity index (χ3v) is 2.99. The van der Waals surface area contributed by atoms with Crippen LogP contribution >= 0.6 is 0 Å². The molecule has 0 aliphatic heterocycles. The summed E-state index contributed by atoms with van der Waals surface area (Å²) in [6, 6.07) is 1.26. The summed E-state index contributed by atoms with van der Waals surface area (Å²) in [4.78, 5) is 7.68. The molecule has 0 aliphatic carbocycles. The first-order valence-electron chi connectivity index (χ1n) is 4.01. The van der Waals surface area contributed by atoms with E-state index in [1.54, 1.807) is 0 Å². The van der Waals surface area contributed by atoms with Crippen LogP contribution in [0.1, 0.15) is 24.7 Å². The van der Waals surface area contributed by atoms with Crippen molar-refractivity contribution in [2.45, 2.75) is 33.2 Å². The highest BCUT2D eigenvalue weighted by Crippen LogP contribution is 1.95. The zero-order valence-corrected chi connectivity index (χ0v) is 8.36. The van der Waals surface area contributed by atoms with E-state index < -0.39 is 0 Å². The number of nitrogens with one attached hydrogen (secondary N) is 1. The highest BCUT2D eigenvalue weighted by Gasteiger charge is 2.01. The molecule has 2 radical (unpaired) electrons. The molecule has 0 saturated carbocycles. The molecule has 11 heavy (non-hydrogen) atoms. The lowest BCUT2D eigenvalue weighted by atomic mass is 10.4. The molecule has 1 heterocycles. The third-order valence-electron chi connectivity index (χ3n) is 1.67. The summed E-state index contributed by atoms with van der Waals surface area (Å²) in [5, 5.41) is 0. The van der Waals surface area contributed by atoms with Gasteiger partial charge >= 0.3 is 0 Å². The van der Waals surface area contributed by atoms with E-state index >= 15 is 0 Å². The lowest BCUT2D eigenvalue weighted by Crippen LogP contribution is -2.17. The first kappa shape index (κ1) is 8.52. The minimum absolute atomic E-state index is 0.855. The molecule has 0 bridgehead atoms. The summed E-state index contributed by atoms with van der Waals surface area (Å²) in [6.07, 6.45) is 1.25. The summed E-state index contributed by atoms with van der Waals surface area (Å²) in [5.74, 6) is 0. The number of aromatic nitrogens is 2. The maximum Gasteiger partial charge on any atom is 0.132 e. The zero-order chi connectivity index (χ0) is 8.27. The SMILES string of the molecule is CCC[Si]c1nc(C)c(C)[nH]1. The first-order chi connectivity index (χ1) is 5.24. The van der Waals surface area contributed by atoms with Gasteiger partial charge in [0.15, 0.2) is 0 Å². The molecule has 0 fully saturated rings. The summed E-state index contributed by atoms with van der Waals surface area (Å²) >= 11 is 0. The van der Waals surface area contributed by atoms with Crippen molar-refractivity contribution >= 4 is 15.0 Å². The van der Waals surface area contributed by atoms with Crippen molar-refractivity contribution in [1.29, 1.82) is 0 Å². The number of H-pyrrole nitrogens is 1. The van der Waals surface area contributed by atoms with E-state index in [0.29, 0.717) is 0 Å². The molecular formula is C8H14N2Si. The second-order valence-electron chi connectivity index (χ2n) is 2.72. The van der Waals surface area contributed by atoms with Crippen molar-refractivity contribution in [3.05, 3.63) is 11.4 Å². The molecule has 0 aromatic carbocycles. The van der Waals surface area contributed by atoms with Crippen LogP contribution in [0.5, 0.6) is 0 Å². The Morgan fingerprint density at radius 3 is 2.64 bits per heavy atom. The van der Waals surface area contributed by atoms with Crippen LogP contribution in [0.3, 0.4) is 0 Å². The Balaban J connectivity index is 2.58. The van der Waals surface area contributed by atoms with Gasteiger partial charge in [-0.3, -0.25) is 0 Å². The minimum Gasteiger partial charge on any atom is -0.350 e. The van der Waals surface area contributed by atoms with Crippen LogP contribution in [-0.4, -0.2) is 19.5 Å². The lowest BCUT2D eigenvalue weighted by molar-refractivity contribution is 1.07. The molecule has 60 valence electrons. The number of hydrogen-bond donors (Lipinski definition) is 1. The minimum atomic E-state index is 0.855. The lowest BCUT2D eigenvalue weighted by Gasteiger charge is -1.89. The van der Waals surface area contributed by atoms with E-state index in [4.69, 9.17) is 0 Å². The van der Waals surface area contributed by atoms with Gasteiger partial charge in [-0.15, -0.1) is 0 Å². The van der Waals surface area contributed by atoms with Crippen LogP contribution in [0.15, 0.2) is 0 Å². The van der Waals surface area contributed by atoms with Gasteiger partial charge in [0.25, 0.3) is 0 Å². The van der Waals surface area contributed by atoms with Gasteiger partial charge in [0.2, 0.25) is 0 Å². The van der Waals surface area contributed by atoms with Crippen LogP contribution < -0.4 is 5.45 Å². The Bertz CT molecular complexity index is 210. The first-order valence-corrected chi connectivity index (χ1v) is 5.21. The average molecular weight is 166 g/mol. The van der Waals surface area contributed by atoms with E-state index in [-0.39, 0.29) is 0 Å². The molecule has 0 unspecified atom stereocenters. The number of nitrogens with zero attached hydrogens (tertiary/aromatic N) is 1. The maximum absolute atomic E-state index is 4.40. The molecule has 1 aromatic heterocycles. The van der Waals surface area contributed by atoms with Crippen LogP contribution in [0.2, 0.25) is 6.04 Å². The Labute approximate surface area is 70.3 Å². The highest BCUT2D eigenvalue weighted by atomic mass is 28.2. The summed E-state index contributed by atoms with van der Waals surface area (Å²) in [7, 11) is 0.855. The maximum atomic E-state index is 4.40. The molecule has 2 nitrogen and oxygen atoms in total. The normalized spacial score (nSPS) is 10.5. The van der Waals surface area contributed by atoms with Crippen molar-refractivity contribution < 1.29 is 0 Å². The third kappa shape index (κ3) is 2.18. The molecule has 3 heteroatoms. The molecule has 0 spiro atoms. The summed E-state index contributed by atoms with van der Waals surface area (Å²) < 4.78 is 0. The molecule has 0 atom stereocenters. The van der Waals surface area contributed by atoms with Gasteiger partial charge < -0.3 is 4.98 Å². The quantitative estimate of drug-likeness (QED) is 0.671. The van der Waals surface area contributed by atoms with Crippen molar-refractivity contribution in [2.75, 3.05) is 0 Å². The molecule has 0 aliphatic rings. The fourth-order valence-electron chi connectivity index (χ4n) is 0.875. The Kier molecular flexibility index (Phi) is 2.88. The largest absolute Gasteiger partial charge is 0.350 e. The second-order valence-corrected chi connectivity index (χ2v) is 4.05. The van der Waals surface area contributed by atoms with Gasteiger partial charge in [-0.25, -0.2) is 4.98 Å².